The first-order valence-electron chi connectivity index (χ1n) is 11.2. The van der Waals surface area contributed by atoms with Gasteiger partial charge in [0.1, 0.15) is 5.69 Å². The number of nitro groups is 2. The molecule has 0 saturated heterocycles. The molecule has 10 heteroatoms. The van der Waals surface area contributed by atoms with E-state index in [1.165, 1.54) is 18.3 Å². The second-order valence-corrected chi connectivity index (χ2v) is 8.35. The third-order valence-electron chi connectivity index (χ3n) is 6.13. The number of nitrogens with zero attached hydrogens (tertiary/aromatic N) is 5. The van der Waals surface area contributed by atoms with Crippen molar-refractivity contribution in [3.63, 3.8) is 0 Å². The van der Waals surface area contributed by atoms with Gasteiger partial charge in [0.2, 0.25) is 0 Å². The summed E-state index contributed by atoms with van der Waals surface area (Å²) in [6.45, 7) is 0. The number of aromatic nitrogens is 2. The topological polar surface area (TPSA) is 136 Å². The van der Waals surface area contributed by atoms with E-state index in [-0.39, 0.29) is 11.4 Å². The van der Waals surface area contributed by atoms with Crippen LogP contribution < -0.4 is 5.43 Å². The summed E-state index contributed by atoms with van der Waals surface area (Å²) in [5, 5.41) is 30.6. The third-order valence-corrected chi connectivity index (χ3v) is 6.13. The first kappa shape index (κ1) is 22.0. The van der Waals surface area contributed by atoms with Gasteiger partial charge in [0.05, 0.1) is 44.2 Å². The number of hydrogen-bond acceptors (Lipinski definition) is 8. The molecule has 0 saturated carbocycles. The molecule has 0 amide bonds. The summed E-state index contributed by atoms with van der Waals surface area (Å²) in [6.07, 6.45) is 1.49. The van der Waals surface area contributed by atoms with Crippen molar-refractivity contribution in [1.82, 2.24) is 9.97 Å². The number of rotatable bonds is 5. The zero-order chi connectivity index (χ0) is 25.5. The predicted molar refractivity (Wildman–Crippen MR) is 143 cm³/mol. The second-order valence-electron chi connectivity index (χ2n) is 8.35. The van der Waals surface area contributed by atoms with Gasteiger partial charge < -0.3 is 0 Å². The fourth-order valence-electron chi connectivity index (χ4n) is 4.43. The summed E-state index contributed by atoms with van der Waals surface area (Å²) in [4.78, 5) is 30.8. The highest BCUT2D eigenvalue weighted by Crippen LogP contribution is 2.34. The Morgan fingerprint density at radius 3 is 1.95 bits per heavy atom. The fraction of sp³-hybridized carbons (Fsp3) is 0. The van der Waals surface area contributed by atoms with Crippen molar-refractivity contribution < 1.29 is 9.85 Å². The molecule has 0 bridgehead atoms. The molecule has 0 fully saturated rings. The lowest BCUT2D eigenvalue weighted by molar-refractivity contribution is -0.393. The number of benzene rings is 5. The minimum atomic E-state index is -0.699. The van der Waals surface area contributed by atoms with Gasteiger partial charge in [0.15, 0.2) is 0 Å². The van der Waals surface area contributed by atoms with Crippen molar-refractivity contribution in [1.29, 1.82) is 0 Å². The molecule has 0 aliphatic rings. The molecule has 5 aromatic carbocycles. The van der Waals surface area contributed by atoms with E-state index in [9.17, 15) is 20.2 Å². The van der Waals surface area contributed by atoms with Crippen molar-refractivity contribution >= 4 is 66.9 Å². The van der Waals surface area contributed by atoms with Gasteiger partial charge >= 0.3 is 5.69 Å². The van der Waals surface area contributed by atoms with Crippen LogP contribution in [0.25, 0.3) is 43.6 Å². The predicted octanol–water partition coefficient (Wildman–Crippen LogP) is 6.35. The molecule has 0 radical (unpaired) electrons. The normalized spacial score (nSPS) is 11.6. The van der Waals surface area contributed by atoms with Crippen LogP contribution in [-0.4, -0.2) is 26.0 Å². The number of anilines is 1. The monoisotopic (exact) mass is 488 g/mol. The van der Waals surface area contributed by atoms with Crippen LogP contribution >= 0.6 is 0 Å². The van der Waals surface area contributed by atoms with E-state index in [1.807, 2.05) is 48.5 Å². The number of hydrazone groups is 1. The lowest BCUT2D eigenvalue weighted by atomic mass is 9.99. The number of nitro benzene ring substituents is 2. The van der Waals surface area contributed by atoms with Crippen LogP contribution in [0.5, 0.6) is 0 Å². The molecule has 10 nitrogen and oxygen atoms in total. The van der Waals surface area contributed by atoms with Gasteiger partial charge in [0.25, 0.3) is 5.69 Å². The molecule has 1 heterocycles. The van der Waals surface area contributed by atoms with Crippen LogP contribution in [-0.2, 0) is 0 Å². The van der Waals surface area contributed by atoms with Crippen LogP contribution in [0.1, 0.15) is 5.56 Å². The van der Waals surface area contributed by atoms with Crippen LogP contribution in [0.2, 0.25) is 0 Å². The molecular weight excluding hydrogens is 472 g/mol. The Balaban J connectivity index is 1.41. The van der Waals surface area contributed by atoms with Crippen molar-refractivity contribution in [2.75, 3.05) is 5.43 Å². The lowest BCUT2D eigenvalue weighted by Crippen LogP contribution is -1.99. The Bertz CT molecular complexity index is 1940. The molecule has 178 valence electrons. The maximum absolute atomic E-state index is 11.3. The summed E-state index contributed by atoms with van der Waals surface area (Å²) in [5.41, 5.74) is 5.56. The van der Waals surface area contributed by atoms with Gasteiger partial charge in [0, 0.05) is 16.8 Å². The van der Waals surface area contributed by atoms with Crippen LogP contribution in [0.4, 0.5) is 17.1 Å². The van der Waals surface area contributed by atoms with Crippen LogP contribution in [0.15, 0.2) is 90.0 Å². The average Bonchev–Trinajstić information content (AvgIpc) is 2.92. The number of nitrogens with one attached hydrogen (secondary N) is 1. The minimum Gasteiger partial charge on any atom is -0.272 e. The summed E-state index contributed by atoms with van der Waals surface area (Å²) in [5.74, 6) is 0. The Labute approximate surface area is 208 Å². The average molecular weight is 488 g/mol. The highest BCUT2D eigenvalue weighted by molar-refractivity contribution is 6.23. The second kappa shape index (κ2) is 8.61. The first-order valence-corrected chi connectivity index (χ1v) is 11.2. The van der Waals surface area contributed by atoms with E-state index in [0.29, 0.717) is 11.1 Å². The molecule has 0 aliphatic heterocycles. The number of hydrogen-bond donors (Lipinski definition) is 1. The molecule has 0 unspecified atom stereocenters. The molecule has 0 atom stereocenters. The highest BCUT2D eigenvalue weighted by Gasteiger charge is 2.19. The van der Waals surface area contributed by atoms with E-state index in [4.69, 9.17) is 9.97 Å². The third kappa shape index (κ3) is 3.82. The Morgan fingerprint density at radius 2 is 1.32 bits per heavy atom. The van der Waals surface area contributed by atoms with Crippen molar-refractivity contribution in [3.05, 3.63) is 111 Å². The first-order chi connectivity index (χ1) is 18.0. The number of fused-ring (bicyclic) bond motifs is 7. The Hall–Kier alpha value is -5.51. The summed E-state index contributed by atoms with van der Waals surface area (Å²) >= 11 is 0. The molecular formula is C27H16N6O4. The zero-order valence-corrected chi connectivity index (χ0v) is 19.0. The molecule has 6 rings (SSSR count). The Kier molecular flexibility index (Phi) is 5.12. The van der Waals surface area contributed by atoms with E-state index >= 15 is 0 Å². The van der Waals surface area contributed by atoms with Crippen LogP contribution in [0.3, 0.4) is 0 Å². The standard InChI is InChI=1S/C27H16N6O4/c34-32(35)17-10-12-23(25(14-17)33(36)37)31-28-15-16-9-11-22-24(13-16)30-27-21-8-4-2-6-19(21)18-5-1-3-7-20(18)26(27)29-22/h1-15,31H/b28-15+. The van der Waals surface area contributed by atoms with E-state index < -0.39 is 15.5 Å². The maximum atomic E-state index is 11.3. The van der Waals surface area contributed by atoms with E-state index in [1.54, 1.807) is 0 Å². The van der Waals surface area contributed by atoms with Gasteiger partial charge in [-0.2, -0.15) is 5.10 Å². The summed E-state index contributed by atoms with van der Waals surface area (Å²) < 4.78 is 0. The lowest BCUT2D eigenvalue weighted by Gasteiger charge is -2.10. The smallest absolute Gasteiger partial charge is 0.272 e. The minimum absolute atomic E-state index is 0.0387. The summed E-state index contributed by atoms with van der Waals surface area (Å²) in [7, 11) is 0. The maximum Gasteiger partial charge on any atom is 0.301 e. The van der Waals surface area contributed by atoms with Gasteiger partial charge in [-0.05, 0) is 34.5 Å². The SMILES string of the molecule is O=[N+]([O-])c1ccc(N/N=C/c2ccc3nc4c5ccccc5c5ccccc5c4nc3c2)c([N+](=O)[O-])c1. The van der Waals surface area contributed by atoms with Crippen molar-refractivity contribution in [2.45, 2.75) is 0 Å². The van der Waals surface area contributed by atoms with Gasteiger partial charge in [-0.1, -0.05) is 54.6 Å². The van der Waals surface area contributed by atoms with Crippen molar-refractivity contribution in [2.24, 2.45) is 5.10 Å². The van der Waals surface area contributed by atoms with E-state index in [2.05, 4.69) is 28.7 Å². The Morgan fingerprint density at radius 1 is 0.703 bits per heavy atom. The molecule has 0 aliphatic carbocycles. The number of non-ortho nitro benzene ring substituents is 1. The molecule has 1 aromatic heterocycles. The largest absolute Gasteiger partial charge is 0.301 e. The van der Waals surface area contributed by atoms with E-state index in [0.717, 1.165) is 44.2 Å². The summed E-state index contributed by atoms with van der Waals surface area (Å²) in [6, 6.07) is 25.1. The molecule has 6 aromatic rings. The molecule has 37 heavy (non-hydrogen) atoms. The fourth-order valence-corrected chi connectivity index (χ4v) is 4.43. The van der Waals surface area contributed by atoms with Gasteiger partial charge in [-0.3, -0.25) is 25.7 Å². The molecule has 1 N–H and O–H groups in total. The van der Waals surface area contributed by atoms with Gasteiger partial charge in [-0.15, -0.1) is 0 Å². The highest BCUT2D eigenvalue weighted by atomic mass is 16.6. The quantitative estimate of drug-likeness (QED) is 0.0981. The van der Waals surface area contributed by atoms with Crippen LogP contribution in [0, 0.1) is 20.2 Å². The zero-order valence-electron chi connectivity index (χ0n) is 19.0. The molecule has 0 spiro atoms. The van der Waals surface area contributed by atoms with Crippen molar-refractivity contribution in [3.8, 4) is 0 Å². The van der Waals surface area contributed by atoms with Gasteiger partial charge in [-0.25, -0.2) is 9.97 Å².